The molecule has 0 bridgehead atoms. The first kappa shape index (κ1) is 13.5. The molecule has 0 amide bonds. The van der Waals surface area contributed by atoms with E-state index < -0.39 is 12.2 Å². The van der Waals surface area contributed by atoms with Crippen LogP contribution in [0.5, 0.6) is 0 Å². The fourth-order valence-corrected chi connectivity index (χ4v) is 1.92. The van der Waals surface area contributed by atoms with Crippen LogP contribution >= 0.6 is 11.6 Å². The molecule has 16 heavy (non-hydrogen) atoms. The van der Waals surface area contributed by atoms with Crippen LogP contribution in [0, 0.1) is 0 Å². The van der Waals surface area contributed by atoms with E-state index in [-0.39, 0.29) is 6.04 Å². The van der Waals surface area contributed by atoms with E-state index in [9.17, 15) is 10.2 Å². The molecule has 0 aromatic carbocycles. The molecular weight excluding hydrogens is 228 g/mol. The lowest BCUT2D eigenvalue weighted by Gasteiger charge is -2.20. The van der Waals surface area contributed by atoms with Crippen molar-refractivity contribution in [2.45, 2.75) is 51.9 Å². The molecule has 2 atom stereocenters. The van der Waals surface area contributed by atoms with Crippen LogP contribution in [-0.2, 0) is 0 Å². The quantitative estimate of drug-likeness (QED) is 0.838. The average molecular weight is 247 g/mol. The van der Waals surface area contributed by atoms with Gasteiger partial charge in [0, 0.05) is 6.04 Å². The van der Waals surface area contributed by atoms with Gasteiger partial charge in [0.15, 0.2) is 0 Å². The number of hydrogen-bond donors (Lipinski definition) is 2. The number of aliphatic hydroxyl groups is 2. The predicted molar refractivity (Wildman–Crippen MR) is 63.5 cm³/mol. The van der Waals surface area contributed by atoms with Crippen molar-refractivity contribution < 1.29 is 10.2 Å². The summed E-state index contributed by atoms with van der Waals surface area (Å²) in [5.74, 6) is 0. The summed E-state index contributed by atoms with van der Waals surface area (Å²) in [7, 11) is 0. The van der Waals surface area contributed by atoms with Crippen molar-refractivity contribution in [2.24, 2.45) is 0 Å². The maximum atomic E-state index is 10.0. The Morgan fingerprint density at radius 1 is 1.44 bits per heavy atom. The normalized spacial score (nSPS) is 15.4. The Hall–Kier alpha value is -0.580. The second kappa shape index (κ2) is 5.66. The maximum absolute atomic E-state index is 10.0. The Kier molecular flexibility index (Phi) is 4.77. The molecule has 1 rings (SSSR count). The van der Waals surface area contributed by atoms with Crippen LogP contribution < -0.4 is 0 Å². The molecule has 0 aliphatic rings. The summed E-state index contributed by atoms with van der Waals surface area (Å²) in [6.07, 6.45) is 1.08. The van der Waals surface area contributed by atoms with Crippen molar-refractivity contribution in [3.8, 4) is 0 Å². The summed E-state index contributed by atoms with van der Waals surface area (Å²) in [5, 5.41) is 24.3. The van der Waals surface area contributed by atoms with Crippen LogP contribution in [0.4, 0.5) is 0 Å². The highest BCUT2D eigenvalue weighted by Gasteiger charge is 2.25. The number of halogens is 1. The first-order valence-corrected chi connectivity index (χ1v) is 5.95. The Morgan fingerprint density at radius 3 is 2.56 bits per heavy atom. The van der Waals surface area contributed by atoms with Gasteiger partial charge in [-0.3, -0.25) is 4.68 Å². The van der Waals surface area contributed by atoms with Gasteiger partial charge < -0.3 is 10.2 Å². The summed E-state index contributed by atoms with van der Waals surface area (Å²) in [6.45, 7) is 5.86. The predicted octanol–water partition coefficient (Wildman–Crippen LogP) is 2.31. The second-order valence-corrected chi connectivity index (χ2v) is 4.62. The summed E-state index contributed by atoms with van der Waals surface area (Å²) in [5.41, 5.74) is 0.498. The van der Waals surface area contributed by atoms with Crippen LogP contribution in [-0.4, -0.2) is 26.1 Å². The summed E-state index contributed by atoms with van der Waals surface area (Å²) in [6, 6.07) is 0.103. The molecule has 0 spiro atoms. The van der Waals surface area contributed by atoms with Crippen LogP contribution in [0.2, 0.25) is 5.02 Å². The van der Waals surface area contributed by atoms with Crippen LogP contribution in [0.25, 0.3) is 0 Å². The molecule has 0 aliphatic carbocycles. The second-order valence-electron chi connectivity index (χ2n) is 4.22. The van der Waals surface area contributed by atoms with Gasteiger partial charge in [-0.1, -0.05) is 24.9 Å². The van der Waals surface area contributed by atoms with Gasteiger partial charge in [-0.25, -0.2) is 0 Å². The molecule has 1 aromatic heterocycles. The number of nitrogens with zero attached hydrogens (tertiary/aromatic N) is 2. The molecule has 1 aromatic rings. The van der Waals surface area contributed by atoms with Crippen LogP contribution in [0.1, 0.15) is 51.5 Å². The fourth-order valence-electron chi connectivity index (χ4n) is 1.67. The molecule has 0 aliphatic heterocycles. The number of aliphatic hydroxyl groups excluding tert-OH is 2. The van der Waals surface area contributed by atoms with Gasteiger partial charge in [0.05, 0.1) is 23.0 Å². The number of hydrogen-bond acceptors (Lipinski definition) is 3. The third-order valence-electron chi connectivity index (χ3n) is 2.51. The van der Waals surface area contributed by atoms with Crippen LogP contribution in [0.3, 0.4) is 0 Å². The third-order valence-corrected chi connectivity index (χ3v) is 2.80. The Balaban J connectivity index is 2.97. The van der Waals surface area contributed by atoms with Crippen molar-refractivity contribution in [2.75, 3.05) is 0 Å². The average Bonchev–Trinajstić information content (AvgIpc) is 2.59. The van der Waals surface area contributed by atoms with Gasteiger partial charge in [0.25, 0.3) is 0 Å². The van der Waals surface area contributed by atoms with E-state index in [2.05, 4.69) is 5.10 Å². The zero-order chi connectivity index (χ0) is 12.3. The Morgan fingerprint density at radius 2 is 2.06 bits per heavy atom. The molecule has 5 heteroatoms. The highest BCUT2D eigenvalue weighted by Crippen LogP contribution is 2.28. The summed E-state index contributed by atoms with van der Waals surface area (Å²) in [4.78, 5) is 0. The Bertz CT molecular complexity index is 339. The van der Waals surface area contributed by atoms with Crippen molar-refractivity contribution >= 4 is 11.6 Å². The first-order valence-electron chi connectivity index (χ1n) is 5.58. The maximum Gasteiger partial charge on any atom is 0.123 e. The van der Waals surface area contributed by atoms with Gasteiger partial charge in [-0.2, -0.15) is 5.10 Å². The minimum Gasteiger partial charge on any atom is -0.390 e. The van der Waals surface area contributed by atoms with E-state index in [0.29, 0.717) is 17.1 Å². The van der Waals surface area contributed by atoms with E-state index in [4.69, 9.17) is 11.6 Å². The van der Waals surface area contributed by atoms with E-state index in [1.165, 1.54) is 6.20 Å². The SMILES string of the molecule is CCCC(O)C(O)c1c(Cl)cnn1C(C)C. The van der Waals surface area contributed by atoms with Crippen LogP contribution in [0.15, 0.2) is 6.20 Å². The summed E-state index contributed by atoms with van der Waals surface area (Å²) < 4.78 is 1.64. The zero-order valence-electron chi connectivity index (χ0n) is 9.89. The van der Waals surface area contributed by atoms with Crippen molar-refractivity contribution in [3.05, 3.63) is 16.9 Å². The minimum absolute atomic E-state index is 0.103. The third kappa shape index (κ3) is 2.75. The van der Waals surface area contributed by atoms with Crippen molar-refractivity contribution in [3.63, 3.8) is 0 Å². The van der Waals surface area contributed by atoms with E-state index in [1.54, 1.807) is 4.68 Å². The van der Waals surface area contributed by atoms with Gasteiger partial charge >= 0.3 is 0 Å². The fraction of sp³-hybridized carbons (Fsp3) is 0.727. The van der Waals surface area contributed by atoms with Gasteiger partial charge in [-0.05, 0) is 20.3 Å². The highest BCUT2D eigenvalue weighted by atomic mass is 35.5. The van der Waals surface area contributed by atoms with Gasteiger partial charge in [-0.15, -0.1) is 0 Å². The molecule has 4 nitrogen and oxygen atoms in total. The molecule has 0 saturated heterocycles. The highest BCUT2D eigenvalue weighted by molar-refractivity contribution is 6.31. The molecule has 92 valence electrons. The molecule has 0 radical (unpaired) electrons. The molecule has 2 unspecified atom stereocenters. The van der Waals surface area contributed by atoms with Gasteiger partial charge in [0.1, 0.15) is 6.10 Å². The first-order chi connectivity index (χ1) is 7.49. The zero-order valence-corrected chi connectivity index (χ0v) is 10.6. The van der Waals surface area contributed by atoms with Crippen molar-refractivity contribution in [1.82, 2.24) is 9.78 Å². The molecule has 1 heterocycles. The number of rotatable bonds is 5. The van der Waals surface area contributed by atoms with Crippen molar-refractivity contribution in [1.29, 1.82) is 0 Å². The Labute approximate surface area is 101 Å². The topological polar surface area (TPSA) is 58.3 Å². The lowest BCUT2D eigenvalue weighted by atomic mass is 10.1. The minimum atomic E-state index is -0.975. The lowest BCUT2D eigenvalue weighted by molar-refractivity contribution is 0.00736. The number of aromatic nitrogens is 2. The van der Waals surface area contributed by atoms with E-state index >= 15 is 0 Å². The van der Waals surface area contributed by atoms with E-state index in [0.717, 1.165) is 6.42 Å². The molecular formula is C11H19ClN2O2. The lowest BCUT2D eigenvalue weighted by Crippen LogP contribution is -2.22. The van der Waals surface area contributed by atoms with E-state index in [1.807, 2.05) is 20.8 Å². The molecule has 2 N–H and O–H groups in total. The standard InChI is InChI=1S/C11H19ClN2O2/c1-4-5-9(15)11(16)10-8(12)6-13-14(10)7(2)3/h6-7,9,11,15-16H,4-5H2,1-3H3. The molecule has 0 fully saturated rings. The monoisotopic (exact) mass is 246 g/mol. The summed E-state index contributed by atoms with van der Waals surface area (Å²) >= 11 is 5.97. The molecule has 0 saturated carbocycles. The largest absolute Gasteiger partial charge is 0.390 e. The van der Waals surface area contributed by atoms with Gasteiger partial charge in [0.2, 0.25) is 0 Å². The smallest absolute Gasteiger partial charge is 0.123 e.